The van der Waals surface area contributed by atoms with Gasteiger partial charge in [0.2, 0.25) is 5.91 Å². The number of ether oxygens (including phenoxy) is 1. The first-order valence-electron chi connectivity index (χ1n) is 7.22. The summed E-state index contributed by atoms with van der Waals surface area (Å²) in [6.07, 6.45) is 1.08. The van der Waals surface area contributed by atoms with Crippen LogP contribution in [0.4, 0.5) is 0 Å². The second-order valence-corrected chi connectivity index (χ2v) is 5.48. The summed E-state index contributed by atoms with van der Waals surface area (Å²) in [5.41, 5.74) is 0.813. The summed E-state index contributed by atoms with van der Waals surface area (Å²) >= 11 is 6.16. The van der Waals surface area contributed by atoms with E-state index in [4.69, 9.17) is 16.3 Å². The summed E-state index contributed by atoms with van der Waals surface area (Å²) in [6, 6.07) is 5.47. The molecule has 0 radical (unpaired) electrons. The summed E-state index contributed by atoms with van der Waals surface area (Å²) in [4.78, 5) is 14.2. The van der Waals surface area contributed by atoms with Crippen molar-refractivity contribution >= 4 is 17.5 Å². The van der Waals surface area contributed by atoms with Gasteiger partial charge >= 0.3 is 0 Å². The van der Waals surface area contributed by atoms with Crippen molar-refractivity contribution in [3.05, 3.63) is 28.8 Å². The van der Waals surface area contributed by atoms with Gasteiger partial charge in [-0.3, -0.25) is 9.69 Å². The zero-order valence-corrected chi connectivity index (χ0v) is 13.1. The average Bonchev–Trinajstić information content (AvgIpc) is 2.74. The van der Waals surface area contributed by atoms with Crippen molar-refractivity contribution in [1.29, 1.82) is 0 Å². The molecule has 1 heterocycles. The smallest absolute Gasteiger partial charge is 0.234 e. The number of rotatable bonds is 5. The van der Waals surface area contributed by atoms with Crippen molar-refractivity contribution in [2.75, 3.05) is 39.8 Å². The topological polar surface area (TPSA) is 53.6 Å². The number of carbonyl (C=O) groups excluding carboxylic acids is 1. The highest BCUT2D eigenvalue weighted by Gasteiger charge is 2.14. The zero-order valence-electron chi connectivity index (χ0n) is 12.3. The molecule has 0 aliphatic carbocycles. The van der Waals surface area contributed by atoms with Crippen molar-refractivity contribution in [3.8, 4) is 5.75 Å². The summed E-state index contributed by atoms with van der Waals surface area (Å²) in [5, 5.41) is 6.85. The molecule has 1 amide bonds. The van der Waals surface area contributed by atoms with Gasteiger partial charge in [0.15, 0.2) is 0 Å². The van der Waals surface area contributed by atoms with Crippen LogP contribution in [-0.4, -0.2) is 50.6 Å². The highest BCUT2D eigenvalue weighted by Crippen LogP contribution is 2.25. The standard InChI is InChI=1S/C15H22ClN3O2/c1-21-14-5-2-4-13(16)12(14)10-18-15(20)11-19-8-3-6-17-7-9-19/h2,4-5,17H,3,6-11H2,1H3,(H,18,20). The highest BCUT2D eigenvalue weighted by atomic mass is 35.5. The van der Waals surface area contributed by atoms with Crippen LogP contribution < -0.4 is 15.4 Å². The Morgan fingerprint density at radius 1 is 1.43 bits per heavy atom. The molecule has 6 heteroatoms. The van der Waals surface area contributed by atoms with E-state index in [2.05, 4.69) is 15.5 Å². The van der Waals surface area contributed by atoms with Crippen LogP contribution in [-0.2, 0) is 11.3 Å². The van der Waals surface area contributed by atoms with E-state index in [0.29, 0.717) is 23.9 Å². The molecule has 1 aliphatic heterocycles. The van der Waals surface area contributed by atoms with Crippen LogP contribution in [0, 0.1) is 0 Å². The third-order valence-corrected chi connectivity index (χ3v) is 3.91. The number of halogens is 1. The summed E-state index contributed by atoms with van der Waals surface area (Å²) < 4.78 is 5.27. The molecular formula is C15H22ClN3O2. The van der Waals surface area contributed by atoms with Crippen molar-refractivity contribution in [1.82, 2.24) is 15.5 Å². The van der Waals surface area contributed by atoms with Gasteiger partial charge in [-0.2, -0.15) is 0 Å². The molecule has 0 bridgehead atoms. The number of benzene rings is 1. The maximum Gasteiger partial charge on any atom is 0.234 e. The Hall–Kier alpha value is -1.30. The van der Waals surface area contributed by atoms with Gasteiger partial charge in [0.25, 0.3) is 0 Å². The van der Waals surface area contributed by atoms with Crippen LogP contribution in [0.2, 0.25) is 5.02 Å². The van der Waals surface area contributed by atoms with E-state index in [0.717, 1.165) is 38.2 Å². The molecule has 0 saturated carbocycles. The van der Waals surface area contributed by atoms with Crippen LogP contribution in [0.15, 0.2) is 18.2 Å². The Morgan fingerprint density at radius 3 is 3.10 bits per heavy atom. The zero-order chi connectivity index (χ0) is 15.1. The number of amides is 1. The number of methoxy groups -OCH3 is 1. The predicted molar refractivity (Wildman–Crippen MR) is 83.8 cm³/mol. The SMILES string of the molecule is COc1cccc(Cl)c1CNC(=O)CN1CCCNCC1. The lowest BCUT2D eigenvalue weighted by Gasteiger charge is -2.19. The van der Waals surface area contributed by atoms with Gasteiger partial charge in [-0.1, -0.05) is 17.7 Å². The fourth-order valence-electron chi connectivity index (χ4n) is 2.41. The molecule has 1 fully saturated rings. The maximum atomic E-state index is 12.1. The maximum absolute atomic E-state index is 12.1. The van der Waals surface area contributed by atoms with E-state index in [-0.39, 0.29) is 5.91 Å². The van der Waals surface area contributed by atoms with Crippen LogP contribution in [0.5, 0.6) is 5.75 Å². The number of carbonyl (C=O) groups is 1. The Morgan fingerprint density at radius 2 is 2.29 bits per heavy atom. The first-order valence-corrected chi connectivity index (χ1v) is 7.59. The highest BCUT2D eigenvalue weighted by molar-refractivity contribution is 6.31. The normalized spacial score (nSPS) is 16.3. The lowest BCUT2D eigenvalue weighted by atomic mass is 10.2. The van der Waals surface area contributed by atoms with Crippen LogP contribution >= 0.6 is 11.6 Å². The third-order valence-electron chi connectivity index (χ3n) is 3.56. The third kappa shape index (κ3) is 4.88. The van der Waals surface area contributed by atoms with Gasteiger partial charge in [-0.25, -0.2) is 0 Å². The molecule has 0 aromatic heterocycles. The van der Waals surface area contributed by atoms with Gasteiger partial charge < -0.3 is 15.4 Å². The van der Waals surface area contributed by atoms with Gasteiger partial charge in [0, 0.05) is 30.2 Å². The first-order chi connectivity index (χ1) is 10.2. The van der Waals surface area contributed by atoms with Crippen molar-refractivity contribution in [2.24, 2.45) is 0 Å². The van der Waals surface area contributed by atoms with Crippen LogP contribution in [0.25, 0.3) is 0 Å². The number of nitrogens with zero attached hydrogens (tertiary/aromatic N) is 1. The molecule has 1 aromatic rings. The Bertz CT molecular complexity index is 474. The molecule has 2 rings (SSSR count). The summed E-state index contributed by atoms with van der Waals surface area (Å²) in [7, 11) is 1.60. The molecule has 2 N–H and O–H groups in total. The van der Waals surface area contributed by atoms with E-state index in [1.165, 1.54) is 0 Å². The number of hydrogen-bond donors (Lipinski definition) is 2. The molecule has 1 saturated heterocycles. The van der Waals surface area contributed by atoms with Gasteiger partial charge in [0.05, 0.1) is 13.7 Å². The van der Waals surface area contributed by atoms with E-state index in [1.807, 2.05) is 12.1 Å². The first kappa shape index (κ1) is 16.1. The second-order valence-electron chi connectivity index (χ2n) is 5.08. The number of hydrogen-bond acceptors (Lipinski definition) is 4. The molecule has 116 valence electrons. The quantitative estimate of drug-likeness (QED) is 0.859. The molecule has 0 atom stereocenters. The molecule has 5 nitrogen and oxygen atoms in total. The van der Waals surface area contributed by atoms with Gasteiger partial charge in [0.1, 0.15) is 5.75 Å². The average molecular weight is 312 g/mol. The lowest BCUT2D eigenvalue weighted by Crippen LogP contribution is -2.38. The minimum absolute atomic E-state index is 0.0128. The fraction of sp³-hybridized carbons (Fsp3) is 0.533. The Kier molecular flexibility index (Phi) is 6.29. The monoisotopic (exact) mass is 311 g/mol. The summed E-state index contributed by atoms with van der Waals surface area (Å²) in [6.45, 7) is 4.63. The molecule has 1 aliphatic rings. The van der Waals surface area contributed by atoms with Crippen molar-refractivity contribution in [2.45, 2.75) is 13.0 Å². The lowest BCUT2D eigenvalue weighted by molar-refractivity contribution is -0.122. The van der Waals surface area contributed by atoms with E-state index >= 15 is 0 Å². The van der Waals surface area contributed by atoms with E-state index in [9.17, 15) is 4.79 Å². The molecular weight excluding hydrogens is 290 g/mol. The predicted octanol–water partition coefficient (Wildman–Crippen LogP) is 1.26. The van der Waals surface area contributed by atoms with Crippen LogP contribution in [0.1, 0.15) is 12.0 Å². The fourth-order valence-corrected chi connectivity index (χ4v) is 2.64. The van der Waals surface area contributed by atoms with Crippen molar-refractivity contribution in [3.63, 3.8) is 0 Å². The van der Waals surface area contributed by atoms with Crippen molar-refractivity contribution < 1.29 is 9.53 Å². The van der Waals surface area contributed by atoms with Crippen LogP contribution in [0.3, 0.4) is 0 Å². The largest absolute Gasteiger partial charge is 0.496 e. The van der Waals surface area contributed by atoms with E-state index in [1.54, 1.807) is 13.2 Å². The Balaban J connectivity index is 1.86. The van der Waals surface area contributed by atoms with Gasteiger partial charge in [-0.05, 0) is 31.6 Å². The molecule has 21 heavy (non-hydrogen) atoms. The molecule has 1 aromatic carbocycles. The number of nitrogens with one attached hydrogen (secondary N) is 2. The minimum Gasteiger partial charge on any atom is -0.496 e. The second kappa shape index (κ2) is 8.22. The van der Waals surface area contributed by atoms with Gasteiger partial charge in [-0.15, -0.1) is 0 Å². The Labute approximate surface area is 130 Å². The summed E-state index contributed by atoms with van der Waals surface area (Å²) in [5.74, 6) is 0.709. The molecule has 0 spiro atoms. The minimum atomic E-state index is 0.0128. The molecule has 0 unspecified atom stereocenters. The van der Waals surface area contributed by atoms with E-state index < -0.39 is 0 Å².